The summed E-state index contributed by atoms with van der Waals surface area (Å²) in [6, 6.07) is 19.9. The number of benzene rings is 3. The lowest BCUT2D eigenvalue weighted by molar-refractivity contribution is -0.139. The summed E-state index contributed by atoms with van der Waals surface area (Å²) < 4.78 is 6.04. The van der Waals surface area contributed by atoms with Gasteiger partial charge in [0.25, 0.3) is 5.91 Å². The fourth-order valence-corrected chi connectivity index (χ4v) is 4.77. The molecule has 3 aromatic carbocycles. The van der Waals surface area contributed by atoms with Crippen LogP contribution in [0.4, 0.5) is 10.5 Å². The number of carbonyl (C=O) groups is 3. The molecule has 0 saturated heterocycles. The molecule has 0 fully saturated rings. The predicted octanol–water partition coefficient (Wildman–Crippen LogP) is 5.79. The maximum absolute atomic E-state index is 12.6. The second-order valence-corrected chi connectivity index (χ2v) is 9.15. The monoisotopic (exact) mass is 536 g/mol. The van der Waals surface area contributed by atoms with Gasteiger partial charge in [0.2, 0.25) is 0 Å². The number of halogens is 1. The first kappa shape index (κ1) is 24.5. The highest BCUT2D eigenvalue weighted by Crippen LogP contribution is 2.44. The van der Waals surface area contributed by atoms with Crippen LogP contribution in [-0.2, 0) is 9.53 Å². The topological polar surface area (TPSA) is 105 Å². The third-order valence-electron chi connectivity index (χ3n) is 5.99. The Morgan fingerprint density at radius 2 is 1.63 bits per heavy atom. The van der Waals surface area contributed by atoms with E-state index in [1.54, 1.807) is 6.07 Å². The lowest BCUT2D eigenvalue weighted by Gasteiger charge is -2.16. The predicted molar refractivity (Wildman–Crippen MR) is 137 cm³/mol. The average molecular weight is 537 g/mol. The summed E-state index contributed by atoms with van der Waals surface area (Å²) in [6.07, 6.45) is 0.354. The third kappa shape index (κ3) is 5.38. The molecule has 2 amide bonds. The van der Waals surface area contributed by atoms with E-state index in [0.717, 1.165) is 22.3 Å². The van der Waals surface area contributed by atoms with Crippen molar-refractivity contribution in [2.75, 3.05) is 11.9 Å². The molecule has 0 radical (unpaired) electrons. The van der Waals surface area contributed by atoms with Crippen molar-refractivity contribution >= 4 is 39.6 Å². The maximum Gasteiger partial charge on any atom is 0.411 e. The number of carbonyl (C=O) groups excluding carboxylic acids is 2. The molecule has 0 saturated carbocycles. The number of hydrogen-bond donors (Lipinski definition) is 3. The number of nitrogens with one attached hydrogen (secondary N) is 2. The molecule has 0 unspecified atom stereocenters. The molecule has 8 heteroatoms. The first-order valence-electron chi connectivity index (χ1n) is 11.3. The first-order chi connectivity index (χ1) is 16.9. The van der Waals surface area contributed by atoms with Crippen LogP contribution in [0.5, 0.6) is 0 Å². The molecule has 0 bridgehead atoms. The molecule has 3 N–H and O–H groups in total. The van der Waals surface area contributed by atoms with Gasteiger partial charge in [0.05, 0.1) is 5.69 Å². The van der Waals surface area contributed by atoms with Crippen molar-refractivity contribution in [3.05, 3.63) is 87.9 Å². The highest BCUT2D eigenvalue weighted by Gasteiger charge is 2.29. The molecule has 0 aliphatic heterocycles. The van der Waals surface area contributed by atoms with Gasteiger partial charge in [-0.05, 0) is 62.8 Å². The van der Waals surface area contributed by atoms with E-state index in [0.29, 0.717) is 23.0 Å². The van der Waals surface area contributed by atoms with Crippen LogP contribution in [0.3, 0.4) is 0 Å². The van der Waals surface area contributed by atoms with Gasteiger partial charge in [0, 0.05) is 16.0 Å². The molecular formula is C27H25BrN2O5. The zero-order chi connectivity index (χ0) is 24.9. The van der Waals surface area contributed by atoms with E-state index in [4.69, 9.17) is 4.74 Å². The summed E-state index contributed by atoms with van der Waals surface area (Å²) >= 11 is 3.36. The summed E-state index contributed by atoms with van der Waals surface area (Å²) in [5.74, 6) is -1.62. The molecule has 1 aliphatic carbocycles. The van der Waals surface area contributed by atoms with Gasteiger partial charge in [-0.15, -0.1) is 0 Å². The number of amides is 2. The molecule has 1 atom stereocenters. The smallest absolute Gasteiger partial charge is 0.411 e. The Morgan fingerprint density at radius 1 is 1.00 bits per heavy atom. The standard InChI is InChI=1S/C27H25BrN2O5/c1-2-7-24(26(32)33)29-25(31)16-12-13-23(22(28)14-16)30-27(34)35-15-21-19-10-5-3-8-17(19)18-9-4-6-11-20(18)21/h3-6,8-14,21,24H,2,7,15H2,1H3,(H,29,31)(H,30,34)(H,32,33)/t24-/m0/s1. The van der Waals surface area contributed by atoms with E-state index in [9.17, 15) is 19.5 Å². The molecular weight excluding hydrogens is 512 g/mol. The maximum atomic E-state index is 12.6. The molecule has 3 aromatic rings. The van der Waals surface area contributed by atoms with Crippen molar-refractivity contribution in [2.45, 2.75) is 31.7 Å². The Kier molecular flexibility index (Phi) is 7.51. The van der Waals surface area contributed by atoms with Crippen molar-refractivity contribution in [1.82, 2.24) is 5.32 Å². The van der Waals surface area contributed by atoms with Gasteiger partial charge < -0.3 is 15.2 Å². The quantitative estimate of drug-likeness (QED) is 0.337. The van der Waals surface area contributed by atoms with Crippen molar-refractivity contribution in [2.24, 2.45) is 0 Å². The minimum atomic E-state index is -1.08. The van der Waals surface area contributed by atoms with E-state index in [2.05, 4.69) is 50.8 Å². The van der Waals surface area contributed by atoms with Gasteiger partial charge in [-0.3, -0.25) is 10.1 Å². The Bertz CT molecular complexity index is 1230. The van der Waals surface area contributed by atoms with Crippen LogP contribution < -0.4 is 10.6 Å². The zero-order valence-corrected chi connectivity index (χ0v) is 20.7. The van der Waals surface area contributed by atoms with E-state index in [1.807, 2.05) is 31.2 Å². The SMILES string of the molecule is CCC[C@H](NC(=O)c1ccc(NC(=O)OCC2c3ccccc3-c3ccccc32)c(Br)c1)C(=O)O. The molecule has 4 rings (SSSR count). The Hall–Kier alpha value is -3.65. The number of anilines is 1. The minimum absolute atomic E-state index is 0.0482. The van der Waals surface area contributed by atoms with Gasteiger partial charge in [-0.2, -0.15) is 0 Å². The van der Waals surface area contributed by atoms with Crippen LogP contribution in [0.15, 0.2) is 71.2 Å². The van der Waals surface area contributed by atoms with Crippen molar-refractivity contribution in [3.8, 4) is 11.1 Å². The minimum Gasteiger partial charge on any atom is -0.480 e. The second kappa shape index (κ2) is 10.7. The number of rotatable bonds is 8. The highest BCUT2D eigenvalue weighted by atomic mass is 79.9. The molecule has 0 spiro atoms. The van der Waals surface area contributed by atoms with Crippen molar-refractivity contribution < 1.29 is 24.2 Å². The molecule has 7 nitrogen and oxygen atoms in total. The van der Waals surface area contributed by atoms with E-state index >= 15 is 0 Å². The first-order valence-corrected chi connectivity index (χ1v) is 12.1. The van der Waals surface area contributed by atoms with Crippen molar-refractivity contribution in [3.63, 3.8) is 0 Å². The van der Waals surface area contributed by atoms with Crippen LogP contribution in [0.2, 0.25) is 0 Å². The summed E-state index contributed by atoms with van der Waals surface area (Å²) in [4.78, 5) is 36.3. The van der Waals surface area contributed by atoms with Crippen LogP contribution >= 0.6 is 15.9 Å². The number of ether oxygens (including phenoxy) is 1. The van der Waals surface area contributed by atoms with Gasteiger partial charge in [0.1, 0.15) is 12.6 Å². The Labute approximate surface area is 211 Å². The second-order valence-electron chi connectivity index (χ2n) is 8.30. The van der Waals surface area contributed by atoms with Crippen LogP contribution in [0.25, 0.3) is 11.1 Å². The van der Waals surface area contributed by atoms with Crippen molar-refractivity contribution in [1.29, 1.82) is 0 Å². The van der Waals surface area contributed by atoms with E-state index in [1.165, 1.54) is 12.1 Å². The fourth-order valence-electron chi connectivity index (χ4n) is 4.29. The number of aliphatic carboxylic acids is 1. The zero-order valence-electron chi connectivity index (χ0n) is 19.1. The molecule has 0 heterocycles. The van der Waals surface area contributed by atoms with E-state index in [-0.39, 0.29) is 18.1 Å². The molecule has 1 aliphatic rings. The average Bonchev–Trinajstić information content (AvgIpc) is 3.17. The van der Waals surface area contributed by atoms with Gasteiger partial charge in [0.15, 0.2) is 0 Å². The summed E-state index contributed by atoms with van der Waals surface area (Å²) in [7, 11) is 0. The molecule has 35 heavy (non-hydrogen) atoms. The number of carboxylic acid groups (broad SMARTS) is 1. The summed E-state index contributed by atoms with van der Waals surface area (Å²) in [5.41, 5.74) is 5.26. The molecule has 180 valence electrons. The number of carboxylic acids is 1. The number of hydrogen-bond acceptors (Lipinski definition) is 4. The lowest BCUT2D eigenvalue weighted by Crippen LogP contribution is -2.40. The molecule has 0 aromatic heterocycles. The van der Waals surface area contributed by atoms with Crippen LogP contribution in [0, 0.1) is 0 Å². The van der Waals surface area contributed by atoms with Gasteiger partial charge in [-0.25, -0.2) is 9.59 Å². The lowest BCUT2D eigenvalue weighted by atomic mass is 9.98. The van der Waals surface area contributed by atoms with Crippen LogP contribution in [0.1, 0.15) is 47.2 Å². The van der Waals surface area contributed by atoms with Crippen LogP contribution in [-0.4, -0.2) is 35.7 Å². The Balaban J connectivity index is 1.39. The largest absolute Gasteiger partial charge is 0.480 e. The summed E-state index contributed by atoms with van der Waals surface area (Å²) in [6.45, 7) is 2.04. The summed E-state index contributed by atoms with van der Waals surface area (Å²) in [5, 5.41) is 14.5. The normalized spacial score (nSPS) is 12.9. The van der Waals surface area contributed by atoms with Gasteiger partial charge >= 0.3 is 12.1 Å². The highest BCUT2D eigenvalue weighted by molar-refractivity contribution is 9.10. The fraction of sp³-hybridized carbons (Fsp3) is 0.222. The van der Waals surface area contributed by atoms with E-state index < -0.39 is 24.0 Å². The third-order valence-corrected chi connectivity index (χ3v) is 6.65. The Morgan fingerprint density at radius 3 is 2.20 bits per heavy atom. The van der Waals surface area contributed by atoms with Gasteiger partial charge in [-0.1, -0.05) is 61.9 Å². The number of fused-ring (bicyclic) bond motifs is 3.